The fourth-order valence-electron chi connectivity index (χ4n) is 1.33. The molecule has 0 fully saturated rings. The molecule has 72 valence electrons. The van der Waals surface area contributed by atoms with Crippen LogP contribution in [-0.2, 0) is 6.42 Å². The molecule has 0 saturated heterocycles. The lowest BCUT2D eigenvalue weighted by atomic mass is 10.0. The van der Waals surface area contributed by atoms with Crippen molar-refractivity contribution in [2.75, 3.05) is 0 Å². The third-order valence-corrected chi connectivity index (χ3v) is 1.93. The van der Waals surface area contributed by atoms with Gasteiger partial charge in [-0.05, 0) is 30.6 Å². The fraction of sp³-hybridized carbons (Fsp3) is 0.154. The Hall–Kier alpha value is -1.63. The predicted molar refractivity (Wildman–Crippen MR) is 61.8 cm³/mol. The second kappa shape index (κ2) is 5.92. The summed E-state index contributed by atoms with van der Waals surface area (Å²) in [4.78, 5) is 0. The van der Waals surface area contributed by atoms with Crippen LogP contribution in [0.3, 0.4) is 0 Å². The monoisotopic (exact) mass is 185 g/mol. The smallest absolute Gasteiger partial charge is 0.0180 e. The van der Waals surface area contributed by atoms with E-state index in [-0.39, 0.29) is 0 Å². The molecule has 0 unspecified atom stereocenters. The fourth-order valence-corrected chi connectivity index (χ4v) is 1.33. The van der Waals surface area contributed by atoms with Gasteiger partial charge in [0.15, 0.2) is 0 Å². The maximum Gasteiger partial charge on any atom is 0.0180 e. The Morgan fingerprint density at radius 3 is 2.57 bits per heavy atom. The molecule has 1 rings (SSSR count). The number of hydrogen-bond acceptors (Lipinski definition) is 1. The maximum atomic E-state index is 7.04. The second-order valence-corrected chi connectivity index (χ2v) is 3.07. The van der Waals surface area contributed by atoms with Gasteiger partial charge in [-0.3, -0.25) is 0 Å². The summed E-state index contributed by atoms with van der Waals surface area (Å²) in [5.74, 6) is 0. The van der Waals surface area contributed by atoms with Gasteiger partial charge in [0.1, 0.15) is 0 Å². The van der Waals surface area contributed by atoms with Crippen LogP contribution >= 0.6 is 0 Å². The van der Waals surface area contributed by atoms with Crippen molar-refractivity contribution in [1.82, 2.24) is 0 Å². The van der Waals surface area contributed by atoms with Crippen molar-refractivity contribution in [3.05, 3.63) is 59.7 Å². The third-order valence-electron chi connectivity index (χ3n) is 1.93. The molecular formula is C13H15N. The van der Waals surface area contributed by atoms with Crippen molar-refractivity contribution in [3.63, 3.8) is 0 Å². The Morgan fingerprint density at radius 2 is 2.00 bits per heavy atom. The highest BCUT2D eigenvalue weighted by atomic mass is 14.3. The summed E-state index contributed by atoms with van der Waals surface area (Å²) in [6.07, 6.45) is 8.09. The molecule has 0 radical (unpaired) electrons. The summed E-state index contributed by atoms with van der Waals surface area (Å²) in [5.41, 5.74) is 2.44. The van der Waals surface area contributed by atoms with E-state index in [0.29, 0.717) is 0 Å². The topological polar surface area (TPSA) is 23.9 Å². The number of nitrogens with one attached hydrogen (secondary N) is 1. The van der Waals surface area contributed by atoms with Crippen LogP contribution in [0, 0.1) is 5.41 Å². The van der Waals surface area contributed by atoms with E-state index in [1.807, 2.05) is 43.4 Å². The van der Waals surface area contributed by atoms with Crippen molar-refractivity contribution in [2.45, 2.75) is 13.3 Å². The molecule has 1 nitrogen and oxygen atoms in total. The SMILES string of the molecule is C/C=C\C(=C/C=N)Cc1ccccc1. The van der Waals surface area contributed by atoms with Crippen molar-refractivity contribution >= 4 is 6.21 Å². The molecule has 0 amide bonds. The van der Waals surface area contributed by atoms with Crippen LogP contribution in [0.4, 0.5) is 0 Å². The zero-order chi connectivity index (χ0) is 10.2. The lowest BCUT2D eigenvalue weighted by Crippen LogP contribution is -1.87. The van der Waals surface area contributed by atoms with E-state index in [1.165, 1.54) is 11.8 Å². The normalized spacial score (nSPS) is 11.9. The first-order valence-corrected chi connectivity index (χ1v) is 4.73. The first-order valence-electron chi connectivity index (χ1n) is 4.73. The van der Waals surface area contributed by atoms with Gasteiger partial charge in [0.05, 0.1) is 0 Å². The minimum Gasteiger partial charge on any atom is -0.309 e. The van der Waals surface area contributed by atoms with E-state index in [0.717, 1.165) is 12.0 Å². The Balaban J connectivity index is 2.75. The molecule has 1 aromatic rings. The van der Waals surface area contributed by atoms with E-state index in [1.54, 1.807) is 0 Å². The summed E-state index contributed by atoms with van der Waals surface area (Å²) in [6, 6.07) is 10.3. The van der Waals surface area contributed by atoms with E-state index in [2.05, 4.69) is 12.1 Å². The van der Waals surface area contributed by atoms with E-state index >= 15 is 0 Å². The maximum absolute atomic E-state index is 7.04. The molecular weight excluding hydrogens is 170 g/mol. The van der Waals surface area contributed by atoms with Gasteiger partial charge in [0.2, 0.25) is 0 Å². The summed E-state index contributed by atoms with van der Waals surface area (Å²) >= 11 is 0. The van der Waals surface area contributed by atoms with Crippen LogP contribution in [0.15, 0.2) is 54.1 Å². The van der Waals surface area contributed by atoms with Crippen molar-refractivity contribution in [3.8, 4) is 0 Å². The van der Waals surface area contributed by atoms with Gasteiger partial charge in [-0.1, -0.05) is 42.5 Å². The highest BCUT2D eigenvalue weighted by Crippen LogP contribution is 2.08. The average Bonchev–Trinajstić information content (AvgIpc) is 2.20. The van der Waals surface area contributed by atoms with Crippen LogP contribution in [0.5, 0.6) is 0 Å². The van der Waals surface area contributed by atoms with Crippen LogP contribution in [0.25, 0.3) is 0 Å². The minimum atomic E-state index is 0.889. The molecule has 0 heterocycles. The van der Waals surface area contributed by atoms with Gasteiger partial charge in [-0.25, -0.2) is 0 Å². The largest absolute Gasteiger partial charge is 0.309 e. The van der Waals surface area contributed by atoms with Crippen molar-refractivity contribution < 1.29 is 0 Å². The first kappa shape index (κ1) is 10.5. The molecule has 1 aromatic carbocycles. The minimum absolute atomic E-state index is 0.889. The van der Waals surface area contributed by atoms with Crippen LogP contribution in [0.1, 0.15) is 12.5 Å². The molecule has 1 heteroatoms. The molecule has 0 aliphatic carbocycles. The van der Waals surface area contributed by atoms with Gasteiger partial charge < -0.3 is 5.41 Å². The van der Waals surface area contributed by atoms with Gasteiger partial charge in [0, 0.05) is 6.21 Å². The summed E-state index contributed by atoms with van der Waals surface area (Å²) in [6.45, 7) is 1.99. The average molecular weight is 185 g/mol. The van der Waals surface area contributed by atoms with Gasteiger partial charge in [-0.15, -0.1) is 0 Å². The number of rotatable bonds is 4. The molecule has 0 saturated carbocycles. The van der Waals surface area contributed by atoms with E-state index in [4.69, 9.17) is 5.41 Å². The van der Waals surface area contributed by atoms with Crippen molar-refractivity contribution in [1.29, 1.82) is 5.41 Å². The Kier molecular flexibility index (Phi) is 4.42. The lowest BCUT2D eigenvalue weighted by Gasteiger charge is -2.01. The third kappa shape index (κ3) is 3.40. The molecule has 0 atom stereocenters. The summed E-state index contributed by atoms with van der Waals surface area (Å²) in [5, 5.41) is 7.04. The zero-order valence-electron chi connectivity index (χ0n) is 8.40. The standard InChI is InChI=1S/C13H15N/c1-2-6-12(9-10-14)11-13-7-4-3-5-8-13/h2-10,14H,11H2,1H3/b6-2-,12-9+,14-10?. The zero-order valence-corrected chi connectivity index (χ0v) is 8.40. The molecule has 0 aromatic heterocycles. The van der Waals surface area contributed by atoms with Crippen LogP contribution < -0.4 is 0 Å². The lowest BCUT2D eigenvalue weighted by molar-refractivity contribution is 1.20. The number of allylic oxidation sites excluding steroid dienone is 4. The first-order chi connectivity index (χ1) is 6.86. The number of benzene rings is 1. The van der Waals surface area contributed by atoms with Crippen LogP contribution in [0.2, 0.25) is 0 Å². The summed E-state index contributed by atoms with van der Waals surface area (Å²) in [7, 11) is 0. The number of hydrogen-bond donors (Lipinski definition) is 1. The molecule has 0 aliphatic heterocycles. The van der Waals surface area contributed by atoms with Gasteiger partial charge in [-0.2, -0.15) is 0 Å². The Bertz CT molecular complexity index is 334. The highest BCUT2D eigenvalue weighted by Gasteiger charge is 1.93. The van der Waals surface area contributed by atoms with E-state index < -0.39 is 0 Å². The molecule has 0 spiro atoms. The van der Waals surface area contributed by atoms with Gasteiger partial charge in [0.25, 0.3) is 0 Å². The summed E-state index contributed by atoms with van der Waals surface area (Å²) < 4.78 is 0. The quantitative estimate of drug-likeness (QED) is 0.549. The molecule has 0 aliphatic rings. The molecule has 14 heavy (non-hydrogen) atoms. The predicted octanol–water partition coefficient (Wildman–Crippen LogP) is 3.38. The van der Waals surface area contributed by atoms with Crippen molar-refractivity contribution in [2.24, 2.45) is 0 Å². The second-order valence-electron chi connectivity index (χ2n) is 3.07. The van der Waals surface area contributed by atoms with Crippen LogP contribution in [-0.4, -0.2) is 6.21 Å². The molecule has 1 N–H and O–H groups in total. The Labute approximate surface area is 85.3 Å². The van der Waals surface area contributed by atoms with Gasteiger partial charge >= 0.3 is 0 Å². The van der Waals surface area contributed by atoms with E-state index in [9.17, 15) is 0 Å². The molecule has 0 bridgehead atoms. The highest BCUT2D eigenvalue weighted by molar-refractivity contribution is 5.70. The Morgan fingerprint density at radius 1 is 1.29 bits per heavy atom.